The molecule has 1 N–H and O–H groups in total. The molecule has 0 bridgehead atoms. The van der Waals surface area contributed by atoms with Gasteiger partial charge in [0.25, 0.3) is 0 Å². The van der Waals surface area contributed by atoms with E-state index >= 15 is 0 Å². The van der Waals surface area contributed by atoms with E-state index in [0.717, 1.165) is 5.57 Å². The van der Waals surface area contributed by atoms with Crippen molar-refractivity contribution < 1.29 is 9.90 Å². The van der Waals surface area contributed by atoms with Gasteiger partial charge in [0.05, 0.1) is 6.10 Å². The van der Waals surface area contributed by atoms with Crippen molar-refractivity contribution in [3.8, 4) is 0 Å². The molecule has 0 fully saturated rings. The van der Waals surface area contributed by atoms with E-state index in [1.165, 1.54) is 5.57 Å². The fraction of sp³-hybridized carbons (Fsp3) is 0.615. The van der Waals surface area contributed by atoms with Crippen molar-refractivity contribution in [1.82, 2.24) is 0 Å². The van der Waals surface area contributed by atoms with Crippen molar-refractivity contribution in [2.24, 2.45) is 5.41 Å². The minimum absolute atomic E-state index is 0.0925. The minimum atomic E-state index is -0.321. The second-order valence-electron chi connectivity index (χ2n) is 5.06. The highest BCUT2D eigenvalue weighted by Gasteiger charge is 2.30. The maximum atomic E-state index is 11.4. The summed E-state index contributed by atoms with van der Waals surface area (Å²) in [5.74, 6) is 0.201. The lowest BCUT2D eigenvalue weighted by atomic mass is 9.72. The summed E-state index contributed by atoms with van der Waals surface area (Å²) in [5.41, 5.74) is 2.14. The fourth-order valence-electron chi connectivity index (χ4n) is 2.16. The van der Waals surface area contributed by atoms with Crippen LogP contribution >= 0.6 is 0 Å². The van der Waals surface area contributed by atoms with Gasteiger partial charge in [-0.05, 0) is 42.9 Å². The SMILES string of the molecule is CC1=CC(=O)CC(C)(C)/C1=C\C[C@H](C)O. The van der Waals surface area contributed by atoms with Crippen molar-refractivity contribution in [2.75, 3.05) is 0 Å². The maximum absolute atomic E-state index is 11.4. The van der Waals surface area contributed by atoms with Gasteiger partial charge in [0.15, 0.2) is 5.78 Å². The van der Waals surface area contributed by atoms with Crippen molar-refractivity contribution in [1.29, 1.82) is 0 Å². The Morgan fingerprint density at radius 1 is 1.60 bits per heavy atom. The van der Waals surface area contributed by atoms with E-state index < -0.39 is 0 Å². The average molecular weight is 208 g/mol. The number of aliphatic hydroxyl groups is 1. The fourth-order valence-corrected chi connectivity index (χ4v) is 2.16. The van der Waals surface area contributed by atoms with Gasteiger partial charge in [0.2, 0.25) is 0 Å². The number of rotatable bonds is 2. The third-order valence-corrected chi connectivity index (χ3v) is 2.81. The Hall–Kier alpha value is -0.890. The van der Waals surface area contributed by atoms with Crippen LogP contribution in [0.4, 0.5) is 0 Å². The van der Waals surface area contributed by atoms with Gasteiger partial charge < -0.3 is 5.11 Å². The molecule has 2 nitrogen and oxygen atoms in total. The van der Waals surface area contributed by atoms with Gasteiger partial charge in [0.1, 0.15) is 0 Å². The summed E-state index contributed by atoms with van der Waals surface area (Å²) in [6.45, 7) is 7.90. The van der Waals surface area contributed by atoms with Crippen LogP contribution in [0.2, 0.25) is 0 Å². The van der Waals surface area contributed by atoms with E-state index in [9.17, 15) is 9.90 Å². The first kappa shape index (κ1) is 12.2. The lowest BCUT2D eigenvalue weighted by Gasteiger charge is -2.31. The van der Waals surface area contributed by atoms with Crippen LogP contribution < -0.4 is 0 Å². The molecule has 0 heterocycles. The first-order chi connectivity index (χ1) is 6.83. The number of hydrogen-bond donors (Lipinski definition) is 1. The van der Waals surface area contributed by atoms with Crippen LogP contribution in [-0.2, 0) is 4.79 Å². The molecule has 0 spiro atoms. The highest BCUT2D eigenvalue weighted by Crippen LogP contribution is 2.39. The van der Waals surface area contributed by atoms with Crippen LogP contribution in [0, 0.1) is 5.41 Å². The largest absolute Gasteiger partial charge is 0.393 e. The first-order valence-corrected chi connectivity index (χ1v) is 5.43. The standard InChI is InChI=1S/C13H20O2/c1-9-7-11(15)8-13(3,4)12(9)6-5-10(2)14/h6-7,10,14H,5,8H2,1-4H3/b12-6-/t10-/m0/s1. The molecular weight excluding hydrogens is 188 g/mol. The summed E-state index contributed by atoms with van der Waals surface area (Å²) < 4.78 is 0. The molecule has 0 amide bonds. The van der Waals surface area contributed by atoms with Gasteiger partial charge in [-0.2, -0.15) is 0 Å². The second-order valence-corrected chi connectivity index (χ2v) is 5.06. The average Bonchev–Trinajstić information content (AvgIpc) is 1.98. The Balaban J connectivity index is 2.98. The highest BCUT2D eigenvalue weighted by molar-refractivity contribution is 5.93. The third-order valence-electron chi connectivity index (χ3n) is 2.81. The molecule has 0 radical (unpaired) electrons. The Morgan fingerprint density at radius 2 is 2.20 bits per heavy atom. The number of aliphatic hydroxyl groups excluding tert-OH is 1. The van der Waals surface area contributed by atoms with Crippen molar-refractivity contribution in [3.05, 3.63) is 23.3 Å². The molecule has 1 rings (SSSR count). The predicted molar refractivity (Wildman–Crippen MR) is 61.5 cm³/mol. The topological polar surface area (TPSA) is 37.3 Å². The second kappa shape index (κ2) is 4.31. The number of ketones is 1. The van der Waals surface area contributed by atoms with Gasteiger partial charge in [-0.1, -0.05) is 19.9 Å². The Kier molecular flexibility index (Phi) is 3.50. The van der Waals surface area contributed by atoms with Crippen molar-refractivity contribution in [3.63, 3.8) is 0 Å². The zero-order chi connectivity index (χ0) is 11.6. The summed E-state index contributed by atoms with van der Waals surface area (Å²) >= 11 is 0. The van der Waals surface area contributed by atoms with E-state index in [-0.39, 0.29) is 17.3 Å². The van der Waals surface area contributed by atoms with E-state index in [2.05, 4.69) is 19.9 Å². The van der Waals surface area contributed by atoms with Crippen LogP contribution in [0.1, 0.15) is 40.5 Å². The molecule has 84 valence electrons. The molecular formula is C13H20O2. The Bertz CT molecular complexity index is 319. The minimum Gasteiger partial charge on any atom is -0.393 e. The maximum Gasteiger partial charge on any atom is 0.156 e. The molecule has 1 atom stereocenters. The highest BCUT2D eigenvalue weighted by atomic mass is 16.3. The summed E-state index contributed by atoms with van der Waals surface area (Å²) in [6, 6.07) is 0. The zero-order valence-electron chi connectivity index (χ0n) is 10.0. The predicted octanol–water partition coefficient (Wildman–Crippen LogP) is 2.63. The Morgan fingerprint density at radius 3 is 2.67 bits per heavy atom. The van der Waals surface area contributed by atoms with Crippen LogP contribution in [0.25, 0.3) is 0 Å². The van der Waals surface area contributed by atoms with Gasteiger partial charge in [-0.15, -0.1) is 0 Å². The quantitative estimate of drug-likeness (QED) is 0.757. The van der Waals surface area contributed by atoms with Crippen LogP contribution in [0.5, 0.6) is 0 Å². The van der Waals surface area contributed by atoms with E-state index in [4.69, 9.17) is 0 Å². The molecule has 1 aliphatic carbocycles. The first-order valence-electron chi connectivity index (χ1n) is 5.43. The molecule has 15 heavy (non-hydrogen) atoms. The van der Waals surface area contributed by atoms with Gasteiger partial charge >= 0.3 is 0 Å². The number of carbonyl (C=O) groups is 1. The zero-order valence-corrected chi connectivity index (χ0v) is 10.0. The third kappa shape index (κ3) is 3.03. The normalized spacial score (nSPS) is 25.3. The lowest BCUT2D eigenvalue weighted by Crippen LogP contribution is -2.24. The lowest BCUT2D eigenvalue weighted by molar-refractivity contribution is -0.116. The van der Waals surface area contributed by atoms with Crippen LogP contribution in [0.15, 0.2) is 23.3 Å². The monoisotopic (exact) mass is 208 g/mol. The molecule has 0 saturated heterocycles. The van der Waals surface area contributed by atoms with Gasteiger partial charge in [-0.25, -0.2) is 0 Å². The smallest absolute Gasteiger partial charge is 0.156 e. The molecule has 0 aromatic carbocycles. The van der Waals surface area contributed by atoms with Gasteiger partial charge in [-0.3, -0.25) is 4.79 Å². The molecule has 0 unspecified atom stereocenters. The molecule has 0 saturated carbocycles. The van der Waals surface area contributed by atoms with E-state index in [0.29, 0.717) is 12.8 Å². The molecule has 1 aliphatic rings. The number of hydrogen-bond acceptors (Lipinski definition) is 2. The summed E-state index contributed by atoms with van der Waals surface area (Å²) in [6.07, 6.45) is 4.66. The van der Waals surface area contributed by atoms with E-state index in [1.807, 2.05) is 6.92 Å². The molecule has 0 aromatic heterocycles. The molecule has 2 heteroatoms. The summed E-state index contributed by atoms with van der Waals surface area (Å²) in [5, 5.41) is 9.26. The number of carbonyl (C=O) groups excluding carboxylic acids is 1. The number of allylic oxidation sites excluding steroid dienone is 3. The summed E-state index contributed by atoms with van der Waals surface area (Å²) in [7, 11) is 0. The Labute approximate surface area is 91.7 Å². The van der Waals surface area contributed by atoms with Crippen LogP contribution in [0.3, 0.4) is 0 Å². The molecule has 0 aromatic rings. The van der Waals surface area contributed by atoms with Crippen molar-refractivity contribution in [2.45, 2.75) is 46.6 Å². The van der Waals surface area contributed by atoms with E-state index in [1.54, 1.807) is 13.0 Å². The van der Waals surface area contributed by atoms with Gasteiger partial charge in [0, 0.05) is 6.42 Å². The van der Waals surface area contributed by atoms with Crippen molar-refractivity contribution >= 4 is 5.78 Å². The summed E-state index contributed by atoms with van der Waals surface area (Å²) in [4.78, 5) is 11.4. The van der Waals surface area contributed by atoms with Crippen LogP contribution in [-0.4, -0.2) is 17.0 Å². The molecule has 0 aliphatic heterocycles.